The monoisotopic (exact) mass is 292 g/mol. The van der Waals surface area contributed by atoms with Crippen LogP contribution in [-0.4, -0.2) is 62.1 Å². The van der Waals surface area contributed by atoms with Crippen LogP contribution < -0.4 is 15.8 Å². The second-order valence-corrected chi connectivity index (χ2v) is 5.21. The summed E-state index contributed by atoms with van der Waals surface area (Å²) in [5, 5.41) is 2.86. The van der Waals surface area contributed by atoms with Crippen LogP contribution in [0.3, 0.4) is 0 Å². The minimum absolute atomic E-state index is 0.0307. The Labute approximate surface area is 125 Å². The molecule has 0 aromatic heterocycles. The Morgan fingerprint density at radius 3 is 2.52 bits per heavy atom. The van der Waals surface area contributed by atoms with E-state index in [4.69, 9.17) is 10.5 Å². The van der Waals surface area contributed by atoms with E-state index in [2.05, 4.69) is 22.0 Å². The summed E-state index contributed by atoms with van der Waals surface area (Å²) in [7, 11) is 1.59. The first-order valence-corrected chi connectivity index (χ1v) is 7.30. The van der Waals surface area contributed by atoms with Gasteiger partial charge in [-0.25, -0.2) is 0 Å². The maximum absolute atomic E-state index is 12.1. The SMILES string of the molecule is CCN1CCN(CC(=O)Nc2ccc(OC)cc2N)CC1. The molecule has 1 fully saturated rings. The van der Waals surface area contributed by atoms with E-state index in [0.717, 1.165) is 32.7 Å². The highest BCUT2D eigenvalue weighted by Gasteiger charge is 2.18. The molecule has 6 heteroatoms. The van der Waals surface area contributed by atoms with Crippen molar-refractivity contribution in [3.05, 3.63) is 18.2 Å². The third-order valence-electron chi connectivity index (χ3n) is 3.81. The Kier molecular flexibility index (Phi) is 5.41. The highest BCUT2D eigenvalue weighted by Crippen LogP contribution is 2.23. The molecule has 0 atom stereocenters. The summed E-state index contributed by atoms with van der Waals surface area (Å²) in [5.74, 6) is 0.651. The van der Waals surface area contributed by atoms with E-state index in [1.807, 2.05) is 0 Å². The van der Waals surface area contributed by atoms with Crippen LogP contribution in [0.15, 0.2) is 18.2 Å². The summed E-state index contributed by atoms with van der Waals surface area (Å²) >= 11 is 0. The van der Waals surface area contributed by atoms with Crippen molar-refractivity contribution in [1.82, 2.24) is 9.80 Å². The van der Waals surface area contributed by atoms with E-state index in [-0.39, 0.29) is 5.91 Å². The van der Waals surface area contributed by atoms with Crippen LogP contribution in [0.2, 0.25) is 0 Å². The third kappa shape index (κ3) is 4.34. The van der Waals surface area contributed by atoms with Crippen molar-refractivity contribution < 1.29 is 9.53 Å². The summed E-state index contributed by atoms with van der Waals surface area (Å²) in [6, 6.07) is 5.25. The van der Waals surface area contributed by atoms with Crippen LogP contribution in [0.1, 0.15) is 6.92 Å². The number of carbonyl (C=O) groups excluding carboxylic acids is 1. The molecular formula is C15H24N4O2. The van der Waals surface area contributed by atoms with E-state index in [1.54, 1.807) is 25.3 Å². The first kappa shape index (κ1) is 15.6. The highest BCUT2D eigenvalue weighted by atomic mass is 16.5. The van der Waals surface area contributed by atoms with E-state index < -0.39 is 0 Å². The third-order valence-corrected chi connectivity index (χ3v) is 3.81. The number of piperazine rings is 1. The number of rotatable bonds is 5. The summed E-state index contributed by atoms with van der Waals surface area (Å²) in [4.78, 5) is 16.6. The minimum Gasteiger partial charge on any atom is -0.497 e. The number of anilines is 2. The van der Waals surface area contributed by atoms with Gasteiger partial charge in [0.15, 0.2) is 0 Å². The molecule has 21 heavy (non-hydrogen) atoms. The summed E-state index contributed by atoms with van der Waals surface area (Å²) in [6.45, 7) is 7.54. The van der Waals surface area contributed by atoms with Gasteiger partial charge in [-0.05, 0) is 18.7 Å². The number of hydrogen-bond donors (Lipinski definition) is 2. The largest absolute Gasteiger partial charge is 0.497 e. The Morgan fingerprint density at radius 1 is 1.29 bits per heavy atom. The molecule has 1 saturated heterocycles. The molecule has 0 saturated carbocycles. The van der Waals surface area contributed by atoms with Gasteiger partial charge in [-0.1, -0.05) is 6.92 Å². The topological polar surface area (TPSA) is 70.8 Å². The van der Waals surface area contributed by atoms with Crippen molar-refractivity contribution in [2.75, 3.05) is 57.4 Å². The Bertz CT molecular complexity index is 485. The van der Waals surface area contributed by atoms with E-state index in [1.165, 1.54) is 0 Å². The second-order valence-electron chi connectivity index (χ2n) is 5.21. The first-order chi connectivity index (χ1) is 10.1. The molecule has 1 heterocycles. The standard InChI is InChI=1S/C15H24N4O2/c1-3-18-6-8-19(9-7-18)11-15(20)17-14-5-4-12(21-2)10-13(14)16/h4-5,10H,3,6-9,11,16H2,1-2H3,(H,17,20). The number of amides is 1. The molecule has 1 aromatic rings. The van der Waals surface area contributed by atoms with Gasteiger partial charge in [-0.15, -0.1) is 0 Å². The second kappa shape index (κ2) is 7.28. The fraction of sp³-hybridized carbons (Fsp3) is 0.533. The first-order valence-electron chi connectivity index (χ1n) is 7.30. The van der Waals surface area contributed by atoms with Gasteiger partial charge in [0.05, 0.1) is 25.0 Å². The summed E-state index contributed by atoms with van der Waals surface area (Å²) in [6.07, 6.45) is 0. The van der Waals surface area contributed by atoms with Gasteiger partial charge in [0, 0.05) is 32.2 Å². The molecular weight excluding hydrogens is 268 g/mol. The molecule has 1 aliphatic rings. The number of nitrogens with one attached hydrogen (secondary N) is 1. The van der Waals surface area contributed by atoms with Crippen LogP contribution in [0.4, 0.5) is 11.4 Å². The average molecular weight is 292 g/mol. The normalized spacial score (nSPS) is 16.7. The minimum atomic E-state index is -0.0307. The zero-order valence-electron chi connectivity index (χ0n) is 12.8. The molecule has 0 unspecified atom stereocenters. The lowest BCUT2D eigenvalue weighted by Crippen LogP contribution is -2.48. The molecule has 0 radical (unpaired) electrons. The van der Waals surface area contributed by atoms with Crippen molar-refractivity contribution in [1.29, 1.82) is 0 Å². The van der Waals surface area contributed by atoms with Crippen molar-refractivity contribution in [2.24, 2.45) is 0 Å². The number of likely N-dealkylation sites (N-methyl/N-ethyl adjacent to an activating group) is 1. The number of nitrogens with zero attached hydrogens (tertiary/aromatic N) is 2. The fourth-order valence-electron chi connectivity index (χ4n) is 2.44. The zero-order chi connectivity index (χ0) is 15.2. The molecule has 6 nitrogen and oxygen atoms in total. The molecule has 0 bridgehead atoms. The molecule has 1 amide bonds. The summed E-state index contributed by atoms with van der Waals surface area (Å²) in [5.41, 5.74) is 7.04. The van der Waals surface area contributed by atoms with Crippen LogP contribution in [0.25, 0.3) is 0 Å². The number of carbonyl (C=O) groups is 1. The van der Waals surface area contributed by atoms with Gasteiger partial charge in [0.25, 0.3) is 0 Å². The van der Waals surface area contributed by atoms with Crippen molar-refractivity contribution in [3.63, 3.8) is 0 Å². The lowest BCUT2D eigenvalue weighted by molar-refractivity contribution is -0.117. The fourth-order valence-corrected chi connectivity index (χ4v) is 2.44. The van der Waals surface area contributed by atoms with E-state index in [0.29, 0.717) is 23.7 Å². The molecule has 0 spiro atoms. The van der Waals surface area contributed by atoms with Gasteiger partial charge >= 0.3 is 0 Å². The zero-order valence-corrected chi connectivity index (χ0v) is 12.8. The lowest BCUT2D eigenvalue weighted by atomic mass is 10.2. The maximum Gasteiger partial charge on any atom is 0.238 e. The highest BCUT2D eigenvalue weighted by molar-refractivity contribution is 5.95. The van der Waals surface area contributed by atoms with Gasteiger partial charge in [-0.2, -0.15) is 0 Å². The number of benzene rings is 1. The molecule has 116 valence electrons. The number of hydrogen-bond acceptors (Lipinski definition) is 5. The number of nitrogen functional groups attached to an aromatic ring is 1. The quantitative estimate of drug-likeness (QED) is 0.788. The van der Waals surface area contributed by atoms with Crippen LogP contribution in [0, 0.1) is 0 Å². The lowest BCUT2D eigenvalue weighted by Gasteiger charge is -2.33. The molecule has 3 N–H and O–H groups in total. The van der Waals surface area contributed by atoms with Crippen molar-refractivity contribution >= 4 is 17.3 Å². The smallest absolute Gasteiger partial charge is 0.238 e. The molecule has 1 aromatic carbocycles. The number of nitrogens with two attached hydrogens (primary N) is 1. The Morgan fingerprint density at radius 2 is 1.95 bits per heavy atom. The van der Waals surface area contributed by atoms with Gasteiger partial charge in [0.1, 0.15) is 5.75 Å². The predicted molar refractivity (Wildman–Crippen MR) is 84.6 cm³/mol. The van der Waals surface area contributed by atoms with Gasteiger partial charge < -0.3 is 20.7 Å². The van der Waals surface area contributed by atoms with E-state index >= 15 is 0 Å². The molecule has 1 aliphatic heterocycles. The number of ether oxygens (including phenoxy) is 1. The van der Waals surface area contributed by atoms with E-state index in [9.17, 15) is 4.79 Å². The summed E-state index contributed by atoms with van der Waals surface area (Å²) < 4.78 is 5.09. The molecule has 0 aliphatic carbocycles. The maximum atomic E-state index is 12.1. The average Bonchev–Trinajstić information content (AvgIpc) is 2.50. The van der Waals surface area contributed by atoms with Crippen LogP contribution in [-0.2, 0) is 4.79 Å². The van der Waals surface area contributed by atoms with Crippen molar-refractivity contribution in [2.45, 2.75) is 6.92 Å². The van der Waals surface area contributed by atoms with Crippen molar-refractivity contribution in [3.8, 4) is 5.75 Å². The number of methoxy groups -OCH3 is 1. The van der Waals surface area contributed by atoms with Crippen LogP contribution >= 0.6 is 0 Å². The molecule has 2 rings (SSSR count). The van der Waals surface area contributed by atoms with Gasteiger partial charge in [0.2, 0.25) is 5.91 Å². The predicted octanol–water partition coefficient (Wildman–Crippen LogP) is 0.853. The van der Waals surface area contributed by atoms with Gasteiger partial charge in [-0.3, -0.25) is 9.69 Å². The Balaban J connectivity index is 1.85. The van der Waals surface area contributed by atoms with Crippen LogP contribution in [0.5, 0.6) is 5.75 Å². The Hall–Kier alpha value is -1.79.